The quantitative estimate of drug-likeness (QED) is 0.656. The van der Waals surface area contributed by atoms with Gasteiger partial charge in [-0.2, -0.15) is 0 Å². The molecule has 1 aliphatic heterocycles. The average molecular weight is 293 g/mol. The Labute approximate surface area is 123 Å². The average Bonchev–Trinajstić information content (AvgIpc) is 2.80. The van der Waals surface area contributed by atoms with Crippen molar-refractivity contribution in [3.8, 4) is 0 Å². The Morgan fingerprint density at radius 1 is 1.43 bits per heavy atom. The lowest BCUT2D eigenvalue weighted by molar-refractivity contribution is -0.384. The number of nitrogens with zero attached hydrogens (tertiary/aromatic N) is 2. The molecule has 1 amide bonds. The second kappa shape index (κ2) is 5.79. The number of benzene rings is 1. The van der Waals surface area contributed by atoms with Crippen LogP contribution in [0.3, 0.4) is 0 Å². The molecule has 1 heterocycles. The summed E-state index contributed by atoms with van der Waals surface area (Å²) >= 11 is 0. The molecule has 0 spiro atoms. The van der Waals surface area contributed by atoms with E-state index in [1.54, 1.807) is 24.1 Å². The minimum atomic E-state index is -0.458. The number of nitro benzene ring substituents is 1. The van der Waals surface area contributed by atoms with Gasteiger partial charge in [0.15, 0.2) is 0 Å². The number of nitro groups is 1. The lowest BCUT2D eigenvalue weighted by Gasteiger charge is -2.32. The largest absolute Gasteiger partial charge is 0.377 e. The van der Waals surface area contributed by atoms with Crippen molar-refractivity contribution >= 4 is 11.6 Å². The summed E-state index contributed by atoms with van der Waals surface area (Å²) in [6, 6.07) is 6.22. The van der Waals surface area contributed by atoms with Gasteiger partial charge in [-0.15, -0.1) is 0 Å². The van der Waals surface area contributed by atoms with E-state index in [-0.39, 0.29) is 24.3 Å². The fraction of sp³-hybridized carbons (Fsp3) is 0.500. The number of non-ortho nitro benzene ring substituents is 1. The number of amides is 1. The molecule has 7 heteroatoms. The molecule has 0 bridgehead atoms. The molecule has 1 atom stereocenters. The van der Waals surface area contributed by atoms with Gasteiger partial charge in [-0.05, 0) is 31.5 Å². The number of methoxy groups -OCH3 is 1. The maximum Gasteiger partial charge on any atom is 0.269 e. The second-order valence-corrected chi connectivity index (χ2v) is 5.62. The zero-order valence-corrected chi connectivity index (χ0v) is 12.3. The third-order valence-corrected chi connectivity index (χ3v) is 3.60. The summed E-state index contributed by atoms with van der Waals surface area (Å²) in [5.41, 5.74) is 0.394. The van der Waals surface area contributed by atoms with Crippen LogP contribution in [-0.2, 0) is 9.53 Å². The Morgan fingerprint density at radius 3 is 2.57 bits per heavy atom. The van der Waals surface area contributed by atoms with Gasteiger partial charge in [0.05, 0.1) is 23.6 Å². The van der Waals surface area contributed by atoms with Crippen LogP contribution < -0.4 is 5.32 Å². The highest BCUT2D eigenvalue weighted by Gasteiger charge is 2.35. The Bertz CT molecular complexity index is 542. The van der Waals surface area contributed by atoms with Crippen LogP contribution in [0.4, 0.5) is 5.69 Å². The monoisotopic (exact) mass is 293 g/mol. The molecule has 1 fully saturated rings. The maximum absolute atomic E-state index is 12.0. The molecule has 1 aromatic carbocycles. The summed E-state index contributed by atoms with van der Waals surface area (Å²) in [6.07, 6.45) is -0.285. The third-order valence-electron chi connectivity index (χ3n) is 3.60. The summed E-state index contributed by atoms with van der Waals surface area (Å²) in [5, 5.41) is 13.8. The summed E-state index contributed by atoms with van der Waals surface area (Å²) in [7, 11) is 1.61. The highest BCUT2D eigenvalue weighted by Crippen LogP contribution is 2.26. The van der Waals surface area contributed by atoms with Crippen LogP contribution in [0.15, 0.2) is 24.3 Å². The van der Waals surface area contributed by atoms with E-state index in [1.165, 1.54) is 12.1 Å². The zero-order chi connectivity index (χ0) is 15.6. The van der Waals surface area contributed by atoms with E-state index in [1.807, 2.05) is 13.8 Å². The van der Waals surface area contributed by atoms with Crippen LogP contribution in [0.5, 0.6) is 0 Å². The lowest BCUT2D eigenvalue weighted by atomic mass is 10.1. The fourth-order valence-electron chi connectivity index (χ4n) is 2.27. The van der Waals surface area contributed by atoms with Crippen LogP contribution in [-0.4, -0.2) is 41.5 Å². The van der Waals surface area contributed by atoms with E-state index in [9.17, 15) is 14.9 Å². The molecule has 114 valence electrons. The van der Waals surface area contributed by atoms with Gasteiger partial charge in [0.25, 0.3) is 5.69 Å². The van der Waals surface area contributed by atoms with Gasteiger partial charge < -0.3 is 9.64 Å². The topological polar surface area (TPSA) is 84.7 Å². The molecular weight excluding hydrogens is 274 g/mol. The number of hydrogen-bond acceptors (Lipinski definition) is 5. The summed E-state index contributed by atoms with van der Waals surface area (Å²) < 4.78 is 5.37. The summed E-state index contributed by atoms with van der Waals surface area (Å²) in [5.74, 6) is -0.0107. The molecule has 1 aliphatic rings. The Hall–Kier alpha value is -1.99. The second-order valence-electron chi connectivity index (χ2n) is 5.62. The molecule has 1 N–H and O–H groups in total. The first-order valence-electron chi connectivity index (χ1n) is 6.66. The summed E-state index contributed by atoms with van der Waals surface area (Å²) in [4.78, 5) is 24.0. The van der Waals surface area contributed by atoms with Crippen LogP contribution in [0.1, 0.15) is 25.6 Å². The molecule has 7 nitrogen and oxygen atoms in total. The van der Waals surface area contributed by atoms with Gasteiger partial charge >= 0.3 is 0 Å². The van der Waals surface area contributed by atoms with E-state index in [0.29, 0.717) is 6.54 Å². The first kappa shape index (κ1) is 15.4. The SMILES string of the molecule is COC(C)(C)CN1C(=O)CNC1c1ccc([N+](=O)[O-])cc1. The van der Waals surface area contributed by atoms with Crippen molar-refractivity contribution in [2.75, 3.05) is 20.2 Å². The normalized spacial score (nSPS) is 19.1. The highest BCUT2D eigenvalue weighted by atomic mass is 16.6. The first-order valence-corrected chi connectivity index (χ1v) is 6.66. The molecule has 1 aromatic rings. The van der Waals surface area contributed by atoms with Crippen molar-refractivity contribution in [2.45, 2.75) is 25.6 Å². The molecule has 2 rings (SSSR count). The van der Waals surface area contributed by atoms with E-state index >= 15 is 0 Å². The van der Waals surface area contributed by atoms with Crippen LogP contribution >= 0.6 is 0 Å². The summed E-state index contributed by atoms with van der Waals surface area (Å²) in [6.45, 7) is 4.51. The predicted molar refractivity (Wildman–Crippen MR) is 76.6 cm³/mol. The number of hydrogen-bond donors (Lipinski definition) is 1. The van der Waals surface area contributed by atoms with Crippen molar-refractivity contribution in [3.05, 3.63) is 39.9 Å². The lowest BCUT2D eigenvalue weighted by Crippen LogP contribution is -2.42. The Balaban J connectivity index is 2.21. The van der Waals surface area contributed by atoms with Crippen LogP contribution in [0.25, 0.3) is 0 Å². The van der Waals surface area contributed by atoms with Gasteiger partial charge in [-0.1, -0.05) is 0 Å². The van der Waals surface area contributed by atoms with E-state index < -0.39 is 10.5 Å². The zero-order valence-electron chi connectivity index (χ0n) is 12.3. The van der Waals surface area contributed by atoms with Crippen LogP contribution in [0.2, 0.25) is 0 Å². The van der Waals surface area contributed by atoms with Gasteiger partial charge in [-0.3, -0.25) is 20.2 Å². The maximum atomic E-state index is 12.0. The van der Waals surface area contributed by atoms with Gasteiger partial charge in [0, 0.05) is 19.2 Å². The van der Waals surface area contributed by atoms with Crippen molar-refractivity contribution in [1.82, 2.24) is 10.2 Å². The molecule has 0 aromatic heterocycles. The first-order chi connectivity index (χ1) is 9.84. The van der Waals surface area contributed by atoms with Crippen LogP contribution in [0, 0.1) is 10.1 Å². The molecule has 1 saturated heterocycles. The molecule has 0 saturated carbocycles. The smallest absolute Gasteiger partial charge is 0.269 e. The van der Waals surface area contributed by atoms with E-state index in [0.717, 1.165) is 5.56 Å². The minimum absolute atomic E-state index is 0.0107. The molecule has 21 heavy (non-hydrogen) atoms. The number of nitrogens with one attached hydrogen (secondary N) is 1. The van der Waals surface area contributed by atoms with Crippen molar-refractivity contribution in [3.63, 3.8) is 0 Å². The Morgan fingerprint density at radius 2 is 2.05 bits per heavy atom. The van der Waals surface area contributed by atoms with E-state index in [4.69, 9.17) is 4.74 Å². The van der Waals surface area contributed by atoms with Crippen molar-refractivity contribution in [1.29, 1.82) is 0 Å². The van der Waals surface area contributed by atoms with Gasteiger partial charge in [-0.25, -0.2) is 0 Å². The molecule has 1 unspecified atom stereocenters. The predicted octanol–water partition coefficient (Wildman–Crippen LogP) is 1.45. The fourth-order valence-corrected chi connectivity index (χ4v) is 2.27. The standard InChI is InChI=1S/C14H19N3O4/c1-14(2,21-3)9-16-12(18)8-15-13(16)10-4-6-11(7-5-10)17(19)20/h4-7,13,15H,8-9H2,1-3H3. The van der Waals surface area contributed by atoms with Crippen molar-refractivity contribution in [2.24, 2.45) is 0 Å². The molecule has 0 aliphatic carbocycles. The number of carbonyl (C=O) groups excluding carboxylic acids is 1. The number of rotatable bonds is 5. The molecule has 0 radical (unpaired) electrons. The molecular formula is C14H19N3O4. The number of carbonyl (C=O) groups is 1. The van der Waals surface area contributed by atoms with E-state index in [2.05, 4.69) is 5.32 Å². The van der Waals surface area contributed by atoms with Crippen molar-refractivity contribution < 1.29 is 14.5 Å². The van der Waals surface area contributed by atoms with Gasteiger partial charge in [0.1, 0.15) is 6.17 Å². The highest BCUT2D eigenvalue weighted by molar-refractivity contribution is 5.81. The minimum Gasteiger partial charge on any atom is -0.377 e. The van der Waals surface area contributed by atoms with Gasteiger partial charge in [0.2, 0.25) is 5.91 Å². The number of ether oxygens (including phenoxy) is 1. The third kappa shape index (κ3) is 3.37. The Kier molecular flexibility index (Phi) is 4.24.